The highest BCUT2D eigenvalue weighted by Crippen LogP contribution is 2.79. The summed E-state index contributed by atoms with van der Waals surface area (Å²) in [5, 5.41) is 29.4. The predicted octanol–water partition coefficient (Wildman–Crippen LogP) is 6.94. The molecule has 6 saturated carbocycles. The maximum atomic E-state index is 15.2. The lowest BCUT2D eigenvalue weighted by molar-refractivity contribution is -0.251. The van der Waals surface area contributed by atoms with Crippen molar-refractivity contribution in [1.29, 1.82) is 0 Å². The molecule has 1 aliphatic heterocycles. The molecule has 7 aliphatic rings. The van der Waals surface area contributed by atoms with E-state index in [1.165, 1.54) is 12.8 Å². The second kappa shape index (κ2) is 13.7. The van der Waals surface area contributed by atoms with Gasteiger partial charge >= 0.3 is 11.9 Å². The van der Waals surface area contributed by atoms with E-state index < -0.39 is 36.0 Å². The Bertz CT molecular complexity index is 1590. The Morgan fingerprint density at radius 1 is 0.679 bits per heavy atom. The van der Waals surface area contributed by atoms with Crippen LogP contribution in [0.5, 0.6) is 0 Å². The number of nitrogens with zero attached hydrogens (tertiary/aromatic N) is 2. The minimum Gasteiger partial charge on any atom is -0.481 e. The molecule has 10 nitrogen and oxygen atoms in total. The van der Waals surface area contributed by atoms with Gasteiger partial charge in [0.2, 0.25) is 11.8 Å². The normalized spacial score (nSPS) is 41.4. The number of amides is 2. The molecule has 6 aliphatic carbocycles. The monoisotopic (exact) mass is 783 g/mol. The second-order valence-corrected chi connectivity index (χ2v) is 22.8. The summed E-state index contributed by atoms with van der Waals surface area (Å²) >= 11 is 0. The summed E-state index contributed by atoms with van der Waals surface area (Å²) < 4.78 is 6.20. The highest BCUT2D eigenvalue weighted by Gasteiger charge is 2.74. The number of carboxylic acids is 1. The molecule has 0 aromatic heterocycles. The molecule has 3 N–H and O–H groups in total. The number of aliphatic hydroxyl groups excluding tert-OH is 2. The molecule has 316 valence electrons. The fraction of sp³-hybridized carbons (Fsp3) is 0.913. The van der Waals surface area contributed by atoms with Crippen LogP contribution in [0.15, 0.2) is 0 Å². The summed E-state index contributed by atoms with van der Waals surface area (Å²) in [6, 6.07) is 0. The Hall–Kier alpha value is -2.20. The number of aliphatic hydroxyl groups is 2. The summed E-state index contributed by atoms with van der Waals surface area (Å²) in [7, 11) is 0. The average Bonchev–Trinajstić information content (AvgIpc) is 3.76. The van der Waals surface area contributed by atoms with Gasteiger partial charge in [0.25, 0.3) is 0 Å². The van der Waals surface area contributed by atoms with Gasteiger partial charge in [0.05, 0.1) is 35.9 Å². The molecule has 56 heavy (non-hydrogen) atoms. The van der Waals surface area contributed by atoms with Crippen molar-refractivity contribution in [2.45, 2.75) is 152 Å². The number of rotatable bonds is 9. The standard InChI is InChI=1S/C46H74N2O8/c1-39(2,38(54)55)26-34(51)56-33-14-15-43(7)31(40(33,3)4)13-16-45(9)32(43)11-10-30-35-29(41(5)18-19-41)12-17-46(35,21-20-44(30,45)8)37(53)48-24-22-47(23-25-48)36(52)42(6,27-49)28-50/h29-33,35,49-50H,10-28H2,1-9H3,(H,54,55)/t29-,30-,31+,32-,33+,35-,43+,44-,45-,46+/m1/s1. The van der Waals surface area contributed by atoms with Crippen molar-refractivity contribution in [3.05, 3.63) is 0 Å². The minimum atomic E-state index is -1.21. The number of esters is 1. The fourth-order valence-electron chi connectivity index (χ4n) is 15.1. The van der Waals surface area contributed by atoms with Crippen LogP contribution >= 0.6 is 0 Å². The summed E-state index contributed by atoms with van der Waals surface area (Å²) in [5.41, 5.74) is -2.34. The van der Waals surface area contributed by atoms with Gasteiger partial charge in [0, 0.05) is 31.6 Å². The number of carbonyl (C=O) groups is 4. The van der Waals surface area contributed by atoms with Gasteiger partial charge in [-0.1, -0.05) is 41.5 Å². The van der Waals surface area contributed by atoms with Gasteiger partial charge in [-0.2, -0.15) is 0 Å². The highest BCUT2D eigenvalue weighted by molar-refractivity contribution is 5.86. The zero-order valence-corrected chi connectivity index (χ0v) is 36.2. The van der Waals surface area contributed by atoms with Gasteiger partial charge in [0.1, 0.15) is 6.10 Å². The summed E-state index contributed by atoms with van der Waals surface area (Å²) in [5.74, 6) is 0.988. The van der Waals surface area contributed by atoms with Crippen LogP contribution in [0, 0.1) is 72.9 Å². The summed E-state index contributed by atoms with van der Waals surface area (Å²) in [6.45, 7) is 20.7. The zero-order chi connectivity index (χ0) is 41.1. The van der Waals surface area contributed by atoms with Crippen LogP contribution in [0.3, 0.4) is 0 Å². The molecule has 7 rings (SSSR count). The van der Waals surface area contributed by atoms with E-state index in [9.17, 15) is 29.7 Å². The van der Waals surface area contributed by atoms with Crippen molar-refractivity contribution in [3.8, 4) is 0 Å². The van der Waals surface area contributed by atoms with Crippen LogP contribution in [-0.4, -0.2) is 94.4 Å². The first-order valence-electron chi connectivity index (χ1n) is 22.2. The Morgan fingerprint density at radius 2 is 1.30 bits per heavy atom. The van der Waals surface area contributed by atoms with Crippen molar-refractivity contribution in [1.82, 2.24) is 9.80 Å². The average molecular weight is 783 g/mol. The van der Waals surface area contributed by atoms with Crippen molar-refractivity contribution in [2.75, 3.05) is 39.4 Å². The van der Waals surface area contributed by atoms with Crippen LogP contribution < -0.4 is 0 Å². The first-order chi connectivity index (χ1) is 26.0. The number of hydrogen-bond acceptors (Lipinski definition) is 7. The van der Waals surface area contributed by atoms with Gasteiger partial charge in [-0.05, 0) is 149 Å². The Labute approximate surface area is 336 Å². The summed E-state index contributed by atoms with van der Waals surface area (Å²) in [6.07, 6.45) is 12.6. The molecular formula is C46H74N2O8. The number of ether oxygens (including phenoxy) is 1. The lowest BCUT2D eigenvalue weighted by Crippen LogP contribution is -2.68. The van der Waals surface area contributed by atoms with Crippen molar-refractivity contribution in [3.63, 3.8) is 0 Å². The molecule has 0 aromatic carbocycles. The molecule has 0 bridgehead atoms. The second-order valence-electron chi connectivity index (χ2n) is 22.8. The van der Waals surface area contributed by atoms with E-state index in [2.05, 4.69) is 46.4 Å². The number of aliphatic carboxylic acids is 1. The molecule has 0 aromatic rings. The molecule has 10 atom stereocenters. The van der Waals surface area contributed by atoms with Gasteiger partial charge in [-0.15, -0.1) is 0 Å². The maximum Gasteiger partial charge on any atom is 0.309 e. The third kappa shape index (κ3) is 6.04. The van der Waals surface area contributed by atoms with E-state index in [0.29, 0.717) is 67.1 Å². The van der Waals surface area contributed by atoms with E-state index in [0.717, 1.165) is 64.2 Å². The van der Waals surface area contributed by atoms with E-state index in [-0.39, 0.29) is 45.5 Å². The van der Waals surface area contributed by atoms with Crippen molar-refractivity contribution >= 4 is 23.8 Å². The lowest BCUT2D eigenvalue weighted by Gasteiger charge is -2.73. The van der Waals surface area contributed by atoms with Gasteiger partial charge in [-0.25, -0.2) is 0 Å². The van der Waals surface area contributed by atoms with Gasteiger partial charge in [-0.3, -0.25) is 19.2 Å². The first-order valence-corrected chi connectivity index (χ1v) is 22.2. The van der Waals surface area contributed by atoms with Crippen LogP contribution in [0.25, 0.3) is 0 Å². The van der Waals surface area contributed by atoms with Crippen LogP contribution in [0.4, 0.5) is 0 Å². The number of fused-ring (bicyclic) bond motifs is 7. The molecule has 10 heteroatoms. The molecular weight excluding hydrogens is 709 g/mol. The van der Waals surface area contributed by atoms with E-state index in [4.69, 9.17) is 4.74 Å². The Kier molecular flexibility index (Phi) is 10.2. The maximum absolute atomic E-state index is 15.2. The molecule has 0 radical (unpaired) electrons. The molecule has 7 fully saturated rings. The smallest absolute Gasteiger partial charge is 0.309 e. The molecule has 1 heterocycles. The SMILES string of the molecule is CC(C)(CC(=O)O[C@H]1CC[C@]2(C)[C@H]3CC[C@@H]4[C@H]5[C@H](C6(C)CC6)CC[C@]5(C(=O)N5CCN(C(=O)C(C)(CO)CO)CC5)CC[C@@]4(C)[C@]3(C)CC[C@H]2C1(C)C)C(=O)O. The Balaban J connectivity index is 1.12. The van der Waals surface area contributed by atoms with E-state index >= 15 is 4.79 Å². The number of hydrogen-bond donors (Lipinski definition) is 3. The molecule has 0 unspecified atom stereocenters. The summed E-state index contributed by atoms with van der Waals surface area (Å²) in [4.78, 5) is 57.2. The molecule has 1 saturated heterocycles. The highest BCUT2D eigenvalue weighted by atomic mass is 16.5. The molecule has 0 spiro atoms. The largest absolute Gasteiger partial charge is 0.481 e. The third-order valence-electron chi connectivity index (χ3n) is 19.2. The van der Waals surface area contributed by atoms with Crippen molar-refractivity contribution < 1.29 is 39.2 Å². The van der Waals surface area contributed by atoms with E-state index in [1.807, 2.05) is 0 Å². The van der Waals surface area contributed by atoms with Gasteiger partial charge < -0.3 is 29.9 Å². The number of carboxylic acid groups (broad SMARTS) is 1. The van der Waals surface area contributed by atoms with E-state index in [1.54, 1.807) is 25.7 Å². The Morgan fingerprint density at radius 3 is 1.89 bits per heavy atom. The van der Waals surface area contributed by atoms with Crippen LogP contribution in [-0.2, 0) is 23.9 Å². The third-order valence-corrected chi connectivity index (χ3v) is 19.2. The number of piperazine rings is 1. The zero-order valence-electron chi connectivity index (χ0n) is 36.2. The quantitative estimate of drug-likeness (QED) is 0.214. The number of carbonyl (C=O) groups excluding carboxylic acids is 3. The minimum absolute atomic E-state index is 0.0921. The topological polar surface area (TPSA) is 145 Å². The first kappa shape index (κ1) is 41.9. The van der Waals surface area contributed by atoms with Crippen LogP contribution in [0.2, 0.25) is 0 Å². The lowest BCUT2D eigenvalue weighted by atomic mass is 9.32. The predicted molar refractivity (Wildman–Crippen MR) is 213 cm³/mol. The van der Waals surface area contributed by atoms with Crippen LogP contribution in [0.1, 0.15) is 146 Å². The molecule has 2 amide bonds. The van der Waals surface area contributed by atoms with Crippen molar-refractivity contribution in [2.24, 2.45) is 72.9 Å². The fourth-order valence-corrected chi connectivity index (χ4v) is 15.1. The van der Waals surface area contributed by atoms with Gasteiger partial charge in [0.15, 0.2) is 0 Å².